The summed E-state index contributed by atoms with van der Waals surface area (Å²) in [5.74, 6) is -1.04. The van der Waals surface area contributed by atoms with Gasteiger partial charge in [-0.15, -0.1) is 0 Å². The summed E-state index contributed by atoms with van der Waals surface area (Å²) in [4.78, 5) is 26.7. The Morgan fingerprint density at radius 3 is 2.76 bits per heavy atom. The van der Waals surface area contributed by atoms with Crippen LogP contribution in [0.1, 0.15) is 5.56 Å². The van der Waals surface area contributed by atoms with E-state index >= 15 is 0 Å². The van der Waals surface area contributed by atoms with E-state index in [1.165, 1.54) is 0 Å². The molecule has 2 rings (SSSR count). The van der Waals surface area contributed by atoms with E-state index in [2.05, 4.69) is 0 Å². The molecule has 1 fully saturated rings. The first-order valence-electron chi connectivity index (χ1n) is 6.90. The molecule has 1 saturated heterocycles. The molecule has 0 radical (unpaired) electrons. The standard InChI is InChI=1S/C15H20N2O4/c1-16(9-12-5-3-2-4-6-12)14(18)10-17-7-8-21-11-13(17)15(19)20/h2-6,13H,7-11H2,1H3,(H,19,20). The molecule has 0 saturated carbocycles. The fourth-order valence-corrected chi connectivity index (χ4v) is 2.29. The van der Waals surface area contributed by atoms with Crippen molar-refractivity contribution in [3.8, 4) is 0 Å². The number of carbonyl (C=O) groups excluding carboxylic acids is 1. The van der Waals surface area contributed by atoms with Crippen molar-refractivity contribution in [2.75, 3.05) is 33.4 Å². The van der Waals surface area contributed by atoms with Crippen LogP contribution in [0.4, 0.5) is 0 Å². The summed E-state index contributed by atoms with van der Waals surface area (Å²) in [5, 5.41) is 9.15. The third-order valence-electron chi connectivity index (χ3n) is 3.55. The minimum Gasteiger partial charge on any atom is -0.480 e. The number of hydrogen-bond donors (Lipinski definition) is 1. The van der Waals surface area contributed by atoms with Crippen molar-refractivity contribution in [2.45, 2.75) is 12.6 Å². The Hall–Kier alpha value is -1.92. The lowest BCUT2D eigenvalue weighted by molar-refractivity contribution is -0.151. The second kappa shape index (κ2) is 7.19. The molecule has 1 aliphatic rings. The number of morpholine rings is 1. The van der Waals surface area contributed by atoms with Crippen LogP contribution in [0.3, 0.4) is 0 Å². The zero-order valence-electron chi connectivity index (χ0n) is 12.1. The number of carboxylic acids is 1. The Labute approximate surface area is 123 Å². The van der Waals surface area contributed by atoms with Crippen LogP contribution >= 0.6 is 0 Å². The molecule has 1 unspecified atom stereocenters. The predicted octanol–water partition coefficient (Wildman–Crippen LogP) is 0.430. The first-order chi connectivity index (χ1) is 10.1. The first-order valence-corrected chi connectivity index (χ1v) is 6.90. The van der Waals surface area contributed by atoms with E-state index in [9.17, 15) is 9.59 Å². The van der Waals surface area contributed by atoms with E-state index < -0.39 is 12.0 Å². The van der Waals surface area contributed by atoms with E-state index in [0.29, 0.717) is 19.7 Å². The smallest absolute Gasteiger partial charge is 0.323 e. The molecular formula is C15H20N2O4. The van der Waals surface area contributed by atoms with E-state index in [1.54, 1.807) is 16.8 Å². The number of carbonyl (C=O) groups is 2. The minimum absolute atomic E-state index is 0.0907. The molecule has 114 valence electrons. The van der Waals surface area contributed by atoms with Crippen LogP contribution in [0.2, 0.25) is 0 Å². The fourth-order valence-electron chi connectivity index (χ4n) is 2.29. The van der Waals surface area contributed by atoms with Gasteiger partial charge in [0.2, 0.25) is 5.91 Å². The fraction of sp³-hybridized carbons (Fsp3) is 0.467. The number of ether oxygens (including phenoxy) is 1. The van der Waals surface area contributed by atoms with Gasteiger partial charge in [-0.25, -0.2) is 0 Å². The Morgan fingerprint density at radius 1 is 1.38 bits per heavy atom. The summed E-state index contributed by atoms with van der Waals surface area (Å²) < 4.78 is 5.16. The van der Waals surface area contributed by atoms with Gasteiger partial charge < -0.3 is 14.7 Å². The van der Waals surface area contributed by atoms with Gasteiger partial charge in [-0.3, -0.25) is 14.5 Å². The Bertz CT molecular complexity index is 492. The lowest BCUT2D eigenvalue weighted by Gasteiger charge is -2.33. The summed E-state index contributed by atoms with van der Waals surface area (Å²) >= 11 is 0. The normalized spacial score (nSPS) is 19.2. The molecule has 0 aromatic heterocycles. The zero-order valence-corrected chi connectivity index (χ0v) is 12.1. The molecule has 0 spiro atoms. The quantitative estimate of drug-likeness (QED) is 0.852. The zero-order chi connectivity index (χ0) is 15.2. The third-order valence-corrected chi connectivity index (χ3v) is 3.55. The molecule has 6 nitrogen and oxygen atoms in total. The van der Waals surface area contributed by atoms with Crippen molar-refractivity contribution in [1.29, 1.82) is 0 Å². The molecular weight excluding hydrogens is 272 g/mol. The number of amides is 1. The number of aliphatic carboxylic acids is 1. The van der Waals surface area contributed by atoms with Crippen molar-refractivity contribution in [3.63, 3.8) is 0 Å². The SMILES string of the molecule is CN(Cc1ccccc1)C(=O)CN1CCOCC1C(=O)O. The van der Waals surface area contributed by atoms with Gasteiger partial charge in [-0.05, 0) is 5.56 Å². The van der Waals surface area contributed by atoms with Gasteiger partial charge in [0.1, 0.15) is 6.04 Å². The molecule has 1 aromatic rings. The molecule has 1 heterocycles. The van der Waals surface area contributed by atoms with Crippen LogP contribution < -0.4 is 0 Å². The number of rotatable bonds is 5. The Morgan fingerprint density at radius 2 is 2.10 bits per heavy atom. The van der Waals surface area contributed by atoms with E-state index in [1.807, 2.05) is 30.3 Å². The number of likely N-dealkylation sites (N-methyl/N-ethyl adjacent to an activating group) is 1. The van der Waals surface area contributed by atoms with Crippen LogP contribution in [0.25, 0.3) is 0 Å². The Kier molecular flexibility index (Phi) is 5.30. The van der Waals surface area contributed by atoms with Crippen LogP contribution in [0.15, 0.2) is 30.3 Å². The summed E-state index contributed by atoms with van der Waals surface area (Å²) in [7, 11) is 1.73. The molecule has 1 atom stereocenters. The van der Waals surface area contributed by atoms with Gasteiger partial charge in [-0.2, -0.15) is 0 Å². The molecule has 1 aliphatic heterocycles. The molecule has 0 bridgehead atoms. The van der Waals surface area contributed by atoms with Crippen LogP contribution in [-0.2, 0) is 20.9 Å². The highest BCUT2D eigenvalue weighted by atomic mass is 16.5. The topological polar surface area (TPSA) is 70.1 Å². The number of benzene rings is 1. The molecule has 21 heavy (non-hydrogen) atoms. The van der Waals surface area contributed by atoms with Crippen molar-refractivity contribution >= 4 is 11.9 Å². The van der Waals surface area contributed by atoms with E-state index in [-0.39, 0.29) is 19.1 Å². The highest BCUT2D eigenvalue weighted by Gasteiger charge is 2.31. The minimum atomic E-state index is -0.951. The second-order valence-electron chi connectivity index (χ2n) is 5.13. The summed E-state index contributed by atoms with van der Waals surface area (Å²) in [6.07, 6.45) is 0. The lowest BCUT2D eigenvalue weighted by Crippen LogP contribution is -2.53. The monoisotopic (exact) mass is 292 g/mol. The average molecular weight is 292 g/mol. The Balaban J connectivity index is 1.91. The van der Waals surface area contributed by atoms with Gasteiger partial charge in [0, 0.05) is 20.1 Å². The van der Waals surface area contributed by atoms with Crippen molar-refractivity contribution < 1.29 is 19.4 Å². The lowest BCUT2D eigenvalue weighted by atomic mass is 10.2. The van der Waals surface area contributed by atoms with Crippen molar-refractivity contribution in [2.24, 2.45) is 0 Å². The molecule has 6 heteroatoms. The summed E-state index contributed by atoms with van der Waals surface area (Å²) in [6, 6.07) is 8.95. The summed E-state index contributed by atoms with van der Waals surface area (Å²) in [5.41, 5.74) is 1.05. The van der Waals surface area contributed by atoms with Crippen LogP contribution in [0.5, 0.6) is 0 Å². The maximum atomic E-state index is 12.2. The van der Waals surface area contributed by atoms with Gasteiger partial charge in [0.15, 0.2) is 0 Å². The van der Waals surface area contributed by atoms with Crippen molar-refractivity contribution in [1.82, 2.24) is 9.80 Å². The summed E-state index contributed by atoms with van der Waals surface area (Å²) in [6.45, 7) is 1.66. The van der Waals surface area contributed by atoms with Crippen LogP contribution in [0, 0.1) is 0 Å². The van der Waals surface area contributed by atoms with E-state index in [4.69, 9.17) is 9.84 Å². The van der Waals surface area contributed by atoms with Crippen LogP contribution in [-0.4, -0.2) is 66.2 Å². The molecule has 0 aliphatic carbocycles. The number of hydrogen-bond acceptors (Lipinski definition) is 4. The van der Waals surface area contributed by atoms with Crippen molar-refractivity contribution in [3.05, 3.63) is 35.9 Å². The van der Waals surface area contributed by atoms with Gasteiger partial charge in [0.25, 0.3) is 0 Å². The molecule has 1 aromatic carbocycles. The first kappa shape index (κ1) is 15.5. The van der Waals surface area contributed by atoms with Gasteiger partial charge in [-0.1, -0.05) is 30.3 Å². The van der Waals surface area contributed by atoms with Gasteiger partial charge >= 0.3 is 5.97 Å². The highest BCUT2D eigenvalue weighted by Crippen LogP contribution is 2.09. The highest BCUT2D eigenvalue weighted by molar-refractivity contribution is 5.80. The van der Waals surface area contributed by atoms with Gasteiger partial charge in [0.05, 0.1) is 19.8 Å². The van der Waals surface area contributed by atoms with E-state index in [0.717, 1.165) is 5.56 Å². The maximum Gasteiger partial charge on any atom is 0.323 e. The average Bonchev–Trinajstić information content (AvgIpc) is 2.48. The number of nitrogens with zero attached hydrogens (tertiary/aromatic N) is 2. The predicted molar refractivity (Wildman–Crippen MR) is 76.7 cm³/mol. The maximum absolute atomic E-state index is 12.2. The largest absolute Gasteiger partial charge is 0.480 e. The molecule has 1 N–H and O–H groups in total. The third kappa shape index (κ3) is 4.27. The molecule has 1 amide bonds. The second-order valence-corrected chi connectivity index (χ2v) is 5.13. The number of carboxylic acid groups (broad SMARTS) is 1.